The Bertz CT molecular complexity index is 945. The minimum atomic E-state index is -0.333. The molecular formula is C22H23ClN2O4. The smallest absolute Gasteiger partial charge is 0.228 e. The van der Waals surface area contributed by atoms with E-state index in [4.69, 9.17) is 21.1 Å². The average molecular weight is 415 g/mol. The van der Waals surface area contributed by atoms with Gasteiger partial charge in [0.1, 0.15) is 0 Å². The molecule has 0 spiro atoms. The quantitative estimate of drug-likeness (QED) is 0.770. The number of ether oxygens (including phenoxy) is 2. The average Bonchev–Trinajstić information content (AvgIpc) is 3.13. The van der Waals surface area contributed by atoms with E-state index in [1.165, 1.54) is 0 Å². The van der Waals surface area contributed by atoms with Crippen molar-refractivity contribution in [2.24, 2.45) is 5.92 Å². The SMILES string of the molecule is COc1cc2c(cc1OC)CN(C(=O)[C@@H]1CC(=O)N(c3ccc(Cl)cc3)C1)CC2. The summed E-state index contributed by atoms with van der Waals surface area (Å²) >= 11 is 5.94. The number of rotatable bonds is 4. The van der Waals surface area contributed by atoms with Gasteiger partial charge >= 0.3 is 0 Å². The summed E-state index contributed by atoms with van der Waals surface area (Å²) in [6.07, 6.45) is 0.986. The summed E-state index contributed by atoms with van der Waals surface area (Å²) in [5.41, 5.74) is 2.99. The second-order valence-corrected chi connectivity index (χ2v) is 7.80. The molecule has 152 valence electrons. The van der Waals surface area contributed by atoms with E-state index in [-0.39, 0.29) is 24.2 Å². The lowest BCUT2D eigenvalue weighted by Crippen LogP contribution is -2.40. The summed E-state index contributed by atoms with van der Waals surface area (Å²) in [6, 6.07) is 11.0. The van der Waals surface area contributed by atoms with E-state index in [9.17, 15) is 9.59 Å². The van der Waals surface area contributed by atoms with Crippen LogP contribution in [-0.2, 0) is 22.6 Å². The van der Waals surface area contributed by atoms with Crippen LogP contribution in [0.15, 0.2) is 36.4 Å². The van der Waals surface area contributed by atoms with Gasteiger partial charge in [-0.15, -0.1) is 0 Å². The number of anilines is 1. The number of carbonyl (C=O) groups excluding carboxylic acids is 2. The van der Waals surface area contributed by atoms with Crippen molar-refractivity contribution in [1.29, 1.82) is 0 Å². The van der Waals surface area contributed by atoms with Gasteiger partial charge in [0.05, 0.1) is 20.1 Å². The van der Waals surface area contributed by atoms with E-state index < -0.39 is 0 Å². The van der Waals surface area contributed by atoms with Crippen molar-refractivity contribution in [2.75, 3.05) is 32.2 Å². The monoisotopic (exact) mass is 414 g/mol. The minimum Gasteiger partial charge on any atom is -0.493 e. The number of benzene rings is 2. The number of amides is 2. The van der Waals surface area contributed by atoms with Gasteiger partial charge in [-0.25, -0.2) is 0 Å². The lowest BCUT2D eigenvalue weighted by atomic mass is 9.97. The Morgan fingerprint density at radius 2 is 1.72 bits per heavy atom. The Hall–Kier alpha value is -2.73. The van der Waals surface area contributed by atoms with Crippen LogP contribution in [0.1, 0.15) is 17.5 Å². The number of fused-ring (bicyclic) bond motifs is 1. The van der Waals surface area contributed by atoms with E-state index in [1.54, 1.807) is 31.3 Å². The van der Waals surface area contributed by atoms with Crippen molar-refractivity contribution in [3.05, 3.63) is 52.5 Å². The van der Waals surface area contributed by atoms with Gasteiger partial charge in [0.2, 0.25) is 11.8 Å². The van der Waals surface area contributed by atoms with Crippen molar-refractivity contribution in [1.82, 2.24) is 4.90 Å². The van der Waals surface area contributed by atoms with Gasteiger partial charge in [0.25, 0.3) is 0 Å². The molecule has 29 heavy (non-hydrogen) atoms. The highest BCUT2D eigenvalue weighted by Gasteiger charge is 2.38. The van der Waals surface area contributed by atoms with Gasteiger partial charge in [-0.2, -0.15) is 0 Å². The first kappa shape index (κ1) is 19.6. The van der Waals surface area contributed by atoms with Crippen LogP contribution in [0.5, 0.6) is 11.5 Å². The van der Waals surface area contributed by atoms with Crippen LogP contribution in [0.4, 0.5) is 5.69 Å². The molecule has 2 aliphatic rings. The fourth-order valence-electron chi connectivity index (χ4n) is 4.07. The van der Waals surface area contributed by atoms with E-state index in [1.807, 2.05) is 29.2 Å². The lowest BCUT2D eigenvalue weighted by molar-refractivity contribution is -0.136. The summed E-state index contributed by atoms with van der Waals surface area (Å²) in [7, 11) is 3.22. The molecule has 0 N–H and O–H groups in total. The Morgan fingerprint density at radius 1 is 1.07 bits per heavy atom. The largest absolute Gasteiger partial charge is 0.493 e. The molecule has 0 unspecified atom stereocenters. The molecule has 7 heteroatoms. The fourth-order valence-corrected chi connectivity index (χ4v) is 4.20. The first-order chi connectivity index (χ1) is 14.0. The highest BCUT2D eigenvalue weighted by atomic mass is 35.5. The molecular weight excluding hydrogens is 392 g/mol. The molecule has 0 saturated carbocycles. The third-order valence-corrected chi connectivity index (χ3v) is 5.89. The summed E-state index contributed by atoms with van der Waals surface area (Å²) in [6.45, 7) is 1.54. The zero-order valence-corrected chi connectivity index (χ0v) is 17.2. The third kappa shape index (κ3) is 3.77. The van der Waals surface area contributed by atoms with Gasteiger partial charge in [-0.05, 0) is 53.9 Å². The molecule has 4 rings (SSSR count). The Labute approximate surface area is 174 Å². The molecule has 2 amide bonds. The number of methoxy groups -OCH3 is 2. The van der Waals surface area contributed by atoms with Crippen LogP contribution < -0.4 is 14.4 Å². The van der Waals surface area contributed by atoms with E-state index in [0.717, 1.165) is 23.2 Å². The zero-order chi connectivity index (χ0) is 20.5. The topological polar surface area (TPSA) is 59.1 Å². The molecule has 0 aliphatic carbocycles. The second-order valence-electron chi connectivity index (χ2n) is 7.37. The number of halogens is 1. The highest BCUT2D eigenvalue weighted by molar-refractivity contribution is 6.30. The first-order valence-electron chi connectivity index (χ1n) is 9.58. The van der Waals surface area contributed by atoms with Gasteiger partial charge in [0, 0.05) is 36.8 Å². The van der Waals surface area contributed by atoms with Gasteiger partial charge in [-0.1, -0.05) is 11.6 Å². The summed E-state index contributed by atoms with van der Waals surface area (Å²) < 4.78 is 10.8. The molecule has 0 aromatic heterocycles. The van der Waals surface area contributed by atoms with Crippen molar-refractivity contribution in [3.8, 4) is 11.5 Å². The van der Waals surface area contributed by atoms with Gasteiger partial charge < -0.3 is 19.3 Å². The molecule has 6 nitrogen and oxygen atoms in total. The predicted molar refractivity (Wildman–Crippen MR) is 111 cm³/mol. The second kappa shape index (κ2) is 7.95. The Balaban J connectivity index is 1.48. The van der Waals surface area contributed by atoms with Crippen LogP contribution in [-0.4, -0.2) is 44.0 Å². The maximum atomic E-state index is 13.1. The van der Waals surface area contributed by atoms with E-state index >= 15 is 0 Å². The molecule has 1 atom stereocenters. The van der Waals surface area contributed by atoms with Crippen molar-refractivity contribution >= 4 is 29.1 Å². The van der Waals surface area contributed by atoms with Crippen LogP contribution in [0.2, 0.25) is 5.02 Å². The standard InChI is InChI=1S/C22H23ClN2O4/c1-28-19-9-14-7-8-24(12-15(14)10-20(19)29-2)22(27)16-11-21(26)25(13-16)18-5-3-17(23)4-6-18/h3-6,9-10,16H,7-8,11-13H2,1-2H3/t16-/m1/s1. The first-order valence-corrected chi connectivity index (χ1v) is 9.96. The normalized spacial score (nSPS) is 18.6. The number of nitrogens with zero attached hydrogens (tertiary/aromatic N) is 2. The van der Waals surface area contributed by atoms with Gasteiger partial charge in [0.15, 0.2) is 11.5 Å². The molecule has 2 heterocycles. The highest BCUT2D eigenvalue weighted by Crippen LogP contribution is 2.34. The maximum absolute atomic E-state index is 13.1. The third-order valence-electron chi connectivity index (χ3n) is 5.64. The van der Waals surface area contributed by atoms with Crippen LogP contribution in [0.25, 0.3) is 0 Å². The number of carbonyl (C=O) groups is 2. The van der Waals surface area contributed by atoms with Crippen LogP contribution >= 0.6 is 11.6 Å². The van der Waals surface area contributed by atoms with Crippen LogP contribution in [0.3, 0.4) is 0 Å². The zero-order valence-electron chi connectivity index (χ0n) is 16.5. The molecule has 0 radical (unpaired) electrons. The molecule has 2 aromatic rings. The van der Waals surface area contributed by atoms with E-state index in [2.05, 4.69) is 0 Å². The van der Waals surface area contributed by atoms with Crippen molar-refractivity contribution in [2.45, 2.75) is 19.4 Å². The molecule has 0 bridgehead atoms. The summed E-state index contributed by atoms with van der Waals surface area (Å²) in [5, 5.41) is 0.618. The molecule has 2 aromatic carbocycles. The fraction of sp³-hybridized carbons (Fsp3) is 0.364. The van der Waals surface area contributed by atoms with Crippen molar-refractivity contribution < 1.29 is 19.1 Å². The molecule has 2 aliphatic heterocycles. The molecule has 1 saturated heterocycles. The Kier molecular flexibility index (Phi) is 5.37. The molecule has 1 fully saturated rings. The minimum absolute atomic E-state index is 0.0234. The number of hydrogen-bond acceptors (Lipinski definition) is 4. The van der Waals surface area contributed by atoms with Gasteiger partial charge in [-0.3, -0.25) is 9.59 Å². The lowest BCUT2D eigenvalue weighted by Gasteiger charge is -2.31. The summed E-state index contributed by atoms with van der Waals surface area (Å²) in [5.74, 6) is 1.01. The van der Waals surface area contributed by atoms with Crippen LogP contribution in [0, 0.1) is 5.92 Å². The maximum Gasteiger partial charge on any atom is 0.228 e. The predicted octanol–water partition coefficient (Wildman–Crippen LogP) is 3.30. The summed E-state index contributed by atoms with van der Waals surface area (Å²) in [4.78, 5) is 29.2. The number of hydrogen-bond donors (Lipinski definition) is 0. The van der Waals surface area contributed by atoms with Crippen molar-refractivity contribution in [3.63, 3.8) is 0 Å². The Morgan fingerprint density at radius 3 is 2.38 bits per heavy atom. The van der Waals surface area contributed by atoms with E-state index in [0.29, 0.717) is 36.2 Å².